The van der Waals surface area contributed by atoms with E-state index in [0.29, 0.717) is 34.8 Å². The molecule has 6 nitrogen and oxygen atoms in total. The molecule has 0 amide bonds. The molecular weight excluding hydrogens is 492 g/mol. The van der Waals surface area contributed by atoms with Gasteiger partial charge in [0.2, 0.25) is 0 Å². The van der Waals surface area contributed by atoms with E-state index in [1.54, 1.807) is 11.3 Å². The lowest BCUT2D eigenvalue weighted by molar-refractivity contribution is -0.118. The highest BCUT2D eigenvalue weighted by atomic mass is 35.5. The fraction of sp³-hybridized carbons (Fsp3) is 0.429. The van der Waals surface area contributed by atoms with Gasteiger partial charge in [-0.2, -0.15) is 5.26 Å². The number of allylic oxidation sites excluding steroid dienone is 3. The molecule has 1 saturated heterocycles. The Hall–Kier alpha value is -2.63. The number of nitrogens with zero attached hydrogens (tertiary/aromatic N) is 3. The van der Waals surface area contributed by atoms with Crippen LogP contribution in [0.4, 0.5) is 5.69 Å². The highest BCUT2D eigenvalue weighted by Gasteiger charge is 2.45. The Kier molecular flexibility index (Phi) is 6.73. The number of ether oxygens (including phenoxy) is 1. The van der Waals surface area contributed by atoms with E-state index in [4.69, 9.17) is 22.1 Å². The number of hydrogen-bond donors (Lipinski definition) is 1. The van der Waals surface area contributed by atoms with Crippen molar-refractivity contribution in [2.24, 2.45) is 11.1 Å². The minimum Gasteiger partial charge on any atom is -0.384 e. The van der Waals surface area contributed by atoms with E-state index < -0.39 is 5.92 Å². The summed E-state index contributed by atoms with van der Waals surface area (Å²) in [5.41, 5.74) is 11.4. The topological polar surface area (TPSA) is 82.6 Å². The van der Waals surface area contributed by atoms with Crippen LogP contribution < -0.4 is 10.6 Å². The first-order chi connectivity index (χ1) is 17.2. The number of ketones is 1. The maximum absolute atomic E-state index is 13.7. The van der Waals surface area contributed by atoms with Crippen LogP contribution in [0.25, 0.3) is 0 Å². The Bertz CT molecular complexity index is 1310. The first-order valence-corrected chi connectivity index (χ1v) is 13.5. The van der Waals surface area contributed by atoms with Gasteiger partial charge < -0.3 is 10.5 Å². The summed E-state index contributed by atoms with van der Waals surface area (Å²) in [5.74, 6) is 0.00679. The van der Waals surface area contributed by atoms with E-state index >= 15 is 0 Å². The van der Waals surface area contributed by atoms with Crippen molar-refractivity contribution in [1.82, 2.24) is 4.90 Å². The van der Waals surface area contributed by atoms with Gasteiger partial charge in [0.25, 0.3) is 0 Å². The van der Waals surface area contributed by atoms with Gasteiger partial charge in [0.15, 0.2) is 5.78 Å². The van der Waals surface area contributed by atoms with Crippen molar-refractivity contribution < 1.29 is 9.53 Å². The number of nitrogens with two attached hydrogens (primary N) is 1. The van der Waals surface area contributed by atoms with Gasteiger partial charge in [0, 0.05) is 47.2 Å². The molecule has 2 aliphatic heterocycles. The average molecular weight is 523 g/mol. The van der Waals surface area contributed by atoms with Gasteiger partial charge in [0.05, 0.1) is 36.5 Å². The summed E-state index contributed by atoms with van der Waals surface area (Å²) in [6.45, 7) is 10.3. The Morgan fingerprint density at radius 3 is 2.75 bits per heavy atom. The van der Waals surface area contributed by atoms with Crippen LogP contribution in [-0.4, -0.2) is 37.0 Å². The van der Waals surface area contributed by atoms with Crippen LogP contribution in [0.1, 0.15) is 48.6 Å². The second kappa shape index (κ2) is 9.68. The monoisotopic (exact) mass is 522 g/mol. The molecule has 0 radical (unpaired) electrons. The van der Waals surface area contributed by atoms with Crippen molar-refractivity contribution in [3.8, 4) is 6.07 Å². The number of morpholine rings is 1. The predicted molar refractivity (Wildman–Crippen MR) is 144 cm³/mol. The molecule has 1 aromatic carbocycles. The molecule has 1 atom stereocenters. The zero-order valence-electron chi connectivity index (χ0n) is 20.9. The van der Waals surface area contributed by atoms with Crippen molar-refractivity contribution in [3.05, 3.63) is 73.3 Å². The number of nitriles is 1. The number of carbonyl (C=O) groups excluding carboxylic acids is 1. The van der Waals surface area contributed by atoms with Crippen molar-refractivity contribution >= 4 is 34.4 Å². The molecule has 8 heteroatoms. The summed E-state index contributed by atoms with van der Waals surface area (Å²) in [6.07, 6.45) is 1.12. The van der Waals surface area contributed by atoms with Crippen molar-refractivity contribution in [3.63, 3.8) is 0 Å². The molecule has 2 aromatic rings. The second-order valence-electron chi connectivity index (χ2n) is 10.6. The molecule has 1 fully saturated rings. The third-order valence-electron chi connectivity index (χ3n) is 7.33. The summed E-state index contributed by atoms with van der Waals surface area (Å²) < 4.78 is 5.48. The maximum atomic E-state index is 13.7. The zero-order valence-corrected chi connectivity index (χ0v) is 22.5. The lowest BCUT2D eigenvalue weighted by Gasteiger charge is -2.44. The van der Waals surface area contributed by atoms with Crippen LogP contribution in [0.5, 0.6) is 0 Å². The van der Waals surface area contributed by atoms with Gasteiger partial charge in [-0.25, -0.2) is 0 Å². The van der Waals surface area contributed by atoms with E-state index in [2.05, 4.69) is 36.3 Å². The van der Waals surface area contributed by atoms with Gasteiger partial charge >= 0.3 is 0 Å². The van der Waals surface area contributed by atoms with Gasteiger partial charge in [0.1, 0.15) is 5.82 Å². The number of Topliss-reactive ketones (excluding diaryl/α,β-unsaturated/α-hetero) is 1. The number of thiophene rings is 1. The minimum absolute atomic E-state index is 0.0827. The number of anilines is 1. The molecule has 5 rings (SSSR count). The number of benzene rings is 1. The smallest absolute Gasteiger partial charge is 0.162 e. The quantitative estimate of drug-likeness (QED) is 0.572. The van der Waals surface area contributed by atoms with Gasteiger partial charge in [-0.1, -0.05) is 31.5 Å². The van der Waals surface area contributed by atoms with E-state index in [9.17, 15) is 10.1 Å². The third-order valence-corrected chi connectivity index (χ3v) is 8.79. The van der Waals surface area contributed by atoms with E-state index in [1.165, 1.54) is 5.56 Å². The average Bonchev–Trinajstić information content (AvgIpc) is 3.28. The van der Waals surface area contributed by atoms with Gasteiger partial charge in [-0.05, 0) is 53.5 Å². The predicted octanol–water partition coefficient (Wildman–Crippen LogP) is 5.48. The van der Waals surface area contributed by atoms with Gasteiger partial charge in [-0.15, -0.1) is 11.3 Å². The summed E-state index contributed by atoms with van der Waals surface area (Å²) >= 11 is 8.08. The van der Waals surface area contributed by atoms with Gasteiger partial charge in [-0.3, -0.25) is 14.6 Å². The molecular formula is C28H31ClN4O2S. The maximum Gasteiger partial charge on any atom is 0.162 e. The van der Waals surface area contributed by atoms with Crippen molar-refractivity contribution in [1.29, 1.82) is 5.26 Å². The lowest BCUT2D eigenvalue weighted by Crippen LogP contribution is -2.42. The zero-order chi connectivity index (χ0) is 25.6. The van der Waals surface area contributed by atoms with E-state index in [1.807, 2.05) is 30.0 Å². The first-order valence-electron chi connectivity index (χ1n) is 12.3. The SMILES string of the molecule is Cc1c(Cl)cccc1N1C(N)=C(C#N)[C@H](c2cc(CN3CCOCC3)cs2)C2=C1CC(C)(C)CC2=O. The van der Waals surface area contributed by atoms with Crippen LogP contribution in [0.3, 0.4) is 0 Å². The second-order valence-corrected chi connectivity index (χ2v) is 12.0. The van der Waals surface area contributed by atoms with Crippen LogP contribution in [0, 0.1) is 23.7 Å². The van der Waals surface area contributed by atoms with Crippen LogP contribution in [-0.2, 0) is 16.1 Å². The summed E-state index contributed by atoms with van der Waals surface area (Å²) in [7, 11) is 0. The van der Waals surface area contributed by atoms with E-state index in [-0.39, 0.29) is 11.2 Å². The Labute approximate surface area is 221 Å². The Morgan fingerprint density at radius 2 is 2.03 bits per heavy atom. The molecule has 3 aliphatic rings. The first kappa shape index (κ1) is 25.0. The molecule has 0 spiro atoms. The summed E-state index contributed by atoms with van der Waals surface area (Å²) in [6, 6.07) is 10.2. The normalized spacial score (nSPS) is 22.6. The molecule has 36 heavy (non-hydrogen) atoms. The highest BCUT2D eigenvalue weighted by molar-refractivity contribution is 7.10. The fourth-order valence-electron chi connectivity index (χ4n) is 5.55. The van der Waals surface area contributed by atoms with Crippen LogP contribution in [0.15, 0.2) is 52.3 Å². The van der Waals surface area contributed by atoms with Crippen molar-refractivity contribution in [2.75, 3.05) is 31.2 Å². The van der Waals surface area contributed by atoms with E-state index in [0.717, 1.165) is 54.7 Å². The molecule has 0 saturated carbocycles. The molecule has 2 N–H and O–H groups in total. The number of carbonyl (C=O) groups is 1. The molecule has 3 heterocycles. The number of halogens is 1. The molecule has 1 aliphatic carbocycles. The lowest BCUT2D eigenvalue weighted by atomic mass is 9.69. The Morgan fingerprint density at radius 1 is 1.28 bits per heavy atom. The highest BCUT2D eigenvalue weighted by Crippen LogP contribution is 2.51. The third kappa shape index (κ3) is 4.48. The molecule has 1 aromatic heterocycles. The number of rotatable bonds is 4. The van der Waals surface area contributed by atoms with Crippen LogP contribution >= 0.6 is 22.9 Å². The molecule has 0 unspecified atom stereocenters. The molecule has 0 bridgehead atoms. The number of hydrogen-bond acceptors (Lipinski definition) is 7. The Balaban J connectivity index is 1.63. The fourth-order valence-corrected chi connectivity index (χ4v) is 6.74. The minimum atomic E-state index is -0.451. The van der Waals surface area contributed by atoms with Crippen molar-refractivity contribution in [2.45, 2.75) is 46.1 Å². The van der Waals surface area contributed by atoms with Crippen LogP contribution in [0.2, 0.25) is 5.02 Å². The summed E-state index contributed by atoms with van der Waals surface area (Å²) in [5, 5.41) is 13.1. The largest absolute Gasteiger partial charge is 0.384 e. The molecule has 188 valence electrons. The standard InChI is InChI=1S/C28H31ClN4O2S/c1-17-20(29)5-4-6-21(17)33-22-12-28(2,3)13-23(34)26(22)25(19(14-30)27(33)31)24-11-18(16-36-24)15-32-7-9-35-10-8-32/h4-6,11,16,25H,7-10,12-13,15,31H2,1-3H3/t25-/m1/s1. The summed E-state index contributed by atoms with van der Waals surface area (Å²) in [4.78, 5) is 19.0.